The topological polar surface area (TPSA) is 120 Å². The SMILES string of the molecule is O=C(COC(=O)c1ccc(NS(=O)(=O)c2ccc3c(c2)OCCO3)cc1)Nc1c(F)cccc1F. The second-order valence-electron chi connectivity index (χ2n) is 7.21. The van der Waals surface area contributed by atoms with Crippen LogP contribution in [-0.4, -0.2) is 40.1 Å². The summed E-state index contributed by atoms with van der Waals surface area (Å²) in [5.41, 5.74) is -0.454. The Hall–Kier alpha value is -4.19. The van der Waals surface area contributed by atoms with Crippen molar-refractivity contribution in [1.82, 2.24) is 0 Å². The van der Waals surface area contributed by atoms with E-state index in [-0.39, 0.29) is 16.1 Å². The van der Waals surface area contributed by atoms with Gasteiger partial charge in [-0.1, -0.05) is 6.07 Å². The number of carbonyl (C=O) groups excluding carboxylic acids is 2. The number of para-hydroxylation sites is 1. The number of sulfonamides is 1. The summed E-state index contributed by atoms with van der Waals surface area (Å²) in [6.45, 7) is -0.102. The molecule has 0 aliphatic carbocycles. The van der Waals surface area contributed by atoms with Crippen LogP contribution in [0.25, 0.3) is 0 Å². The maximum atomic E-state index is 13.6. The van der Waals surface area contributed by atoms with Gasteiger partial charge in [0, 0.05) is 11.8 Å². The third kappa shape index (κ3) is 5.66. The van der Waals surface area contributed by atoms with E-state index < -0.39 is 45.8 Å². The van der Waals surface area contributed by atoms with Crippen LogP contribution < -0.4 is 19.5 Å². The van der Waals surface area contributed by atoms with Crippen LogP contribution >= 0.6 is 0 Å². The summed E-state index contributed by atoms with van der Waals surface area (Å²) < 4.78 is 70.6. The number of anilines is 2. The molecule has 12 heteroatoms. The molecule has 1 aliphatic rings. The predicted molar refractivity (Wildman–Crippen MR) is 120 cm³/mol. The Morgan fingerprint density at radius 2 is 1.57 bits per heavy atom. The van der Waals surface area contributed by atoms with Crippen molar-refractivity contribution in [1.29, 1.82) is 0 Å². The Balaban J connectivity index is 1.35. The highest BCUT2D eigenvalue weighted by molar-refractivity contribution is 7.92. The van der Waals surface area contributed by atoms with E-state index in [1.54, 1.807) is 0 Å². The summed E-state index contributed by atoms with van der Waals surface area (Å²) in [5, 5.41) is 2.00. The second kappa shape index (κ2) is 9.97. The Labute approximate surface area is 198 Å². The number of rotatable bonds is 7. The third-order valence-electron chi connectivity index (χ3n) is 4.76. The average molecular weight is 504 g/mol. The molecule has 1 heterocycles. The van der Waals surface area contributed by atoms with Gasteiger partial charge in [-0.2, -0.15) is 0 Å². The van der Waals surface area contributed by atoms with Gasteiger partial charge < -0.3 is 19.5 Å². The minimum absolute atomic E-state index is 0.0251. The third-order valence-corrected chi connectivity index (χ3v) is 6.14. The van der Waals surface area contributed by atoms with Crippen LogP contribution in [0.5, 0.6) is 11.5 Å². The van der Waals surface area contributed by atoms with Gasteiger partial charge in [-0.3, -0.25) is 9.52 Å². The van der Waals surface area contributed by atoms with Crippen LogP contribution in [0.1, 0.15) is 10.4 Å². The first-order valence-corrected chi connectivity index (χ1v) is 11.6. The van der Waals surface area contributed by atoms with Crippen molar-refractivity contribution >= 4 is 33.3 Å². The standard InChI is InChI=1S/C23H18F2N2O7S/c24-17-2-1-3-18(25)22(17)26-21(28)13-34-23(29)14-4-6-15(7-5-14)27-35(30,31)16-8-9-19-20(12-16)33-11-10-32-19/h1-9,12,27H,10-11,13H2,(H,26,28). The molecule has 35 heavy (non-hydrogen) atoms. The largest absolute Gasteiger partial charge is 0.486 e. The molecule has 0 unspecified atom stereocenters. The number of benzene rings is 3. The Bertz CT molecular complexity index is 1360. The van der Waals surface area contributed by atoms with Gasteiger partial charge in [0.15, 0.2) is 18.1 Å². The van der Waals surface area contributed by atoms with E-state index in [0.717, 1.165) is 18.2 Å². The zero-order valence-corrected chi connectivity index (χ0v) is 18.7. The lowest BCUT2D eigenvalue weighted by atomic mass is 10.2. The minimum atomic E-state index is -3.95. The predicted octanol–water partition coefficient (Wildman–Crippen LogP) is 3.33. The fourth-order valence-electron chi connectivity index (χ4n) is 3.09. The first-order valence-electron chi connectivity index (χ1n) is 10.2. The smallest absolute Gasteiger partial charge is 0.338 e. The van der Waals surface area contributed by atoms with Crippen LogP contribution in [0.4, 0.5) is 20.2 Å². The number of hydrogen-bond acceptors (Lipinski definition) is 7. The molecular formula is C23H18F2N2O7S. The molecular weight excluding hydrogens is 486 g/mol. The zero-order chi connectivity index (χ0) is 25.0. The van der Waals surface area contributed by atoms with E-state index in [1.807, 2.05) is 5.32 Å². The van der Waals surface area contributed by atoms with E-state index in [1.165, 1.54) is 42.5 Å². The average Bonchev–Trinajstić information content (AvgIpc) is 2.85. The number of carbonyl (C=O) groups is 2. The van der Waals surface area contributed by atoms with Crippen molar-refractivity contribution in [2.45, 2.75) is 4.90 Å². The van der Waals surface area contributed by atoms with Crippen molar-refractivity contribution in [3.8, 4) is 11.5 Å². The van der Waals surface area contributed by atoms with E-state index in [4.69, 9.17) is 14.2 Å². The summed E-state index contributed by atoms with van der Waals surface area (Å²) in [6, 6.07) is 12.5. The summed E-state index contributed by atoms with van der Waals surface area (Å²) in [4.78, 5) is 24.0. The van der Waals surface area contributed by atoms with Gasteiger partial charge in [0.25, 0.3) is 15.9 Å². The molecule has 0 fully saturated rings. The lowest BCUT2D eigenvalue weighted by Gasteiger charge is -2.19. The van der Waals surface area contributed by atoms with E-state index in [0.29, 0.717) is 24.7 Å². The van der Waals surface area contributed by atoms with Crippen LogP contribution in [0.15, 0.2) is 65.6 Å². The first-order chi connectivity index (χ1) is 16.7. The van der Waals surface area contributed by atoms with Gasteiger partial charge in [0.2, 0.25) is 0 Å². The Morgan fingerprint density at radius 3 is 2.26 bits per heavy atom. The number of halogens is 2. The van der Waals surface area contributed by atoms with Gasteiger partial charge in [-0.15, -0.1) is 0 Å². The zero-order valence-electron chi connectivity index (χ0n) is 17.9. The highest BCUT2D eigenvalue weighted by atomic mass is 32.2. The molecule has 0 bridgehead atoms. The molecule has 3 aromatic carbocycles. The molecule has 3 aromatic rings. The first kappa shape index (κ1) is 24.0. The Kier molecular flexibility index (Phi) is 6.82. The van der Waals surface area contributed by atoms with Gasteiger partial charge in [0.1, 0.15) is 30.5 Å². The molecule has 2 N–H and O–H groups in total. The minimum Gasteiger partial charge on any atom is -0.486 e. The molecule has 4 rings (SSSR count). The fraction of sp³-hybridized carbons (Fsp3) is 0.130. The number of fused-ring (bicyclic) bond motifs is 1. The van der Waals surface area contributed by atoms with Gasteiger partial charge in [0.05, 0.1) is 10.5 Å². The molecule has 9 nitrogen and oxygen atoms in total. The van der Waals surface area contributed by atoms with Crippen molar-refractivity contribution in [2.75, 3.05) is 29.9 Å². The normalized spacial score (nSPS) is 12.5. The summed E-state index contributed by atoms with van der Waals surface area (Å²) in [5.74, 6) is -3.01. The number of esters is 1. The van der Waals surface area contributed by atoms with Crippen molar-refractivity contribution in [2.24, 2.45) is 0 Å². The summed E-state index contributed by atoms with van der Waals surface area (Å²) in [6.07, 6.45) is 0. The summed E-state index contributed by atoms with van der Waals surface area (Å²) in [7, 11) is -3.95. The molecule has 0 saturated heterocycles. The molecule has 1 aliphatic heterocycles. The summed E-state index contributed by atoms with van der Waals surface area (Å²) >= 11 is 0. The Morgan fingerprint density at radius 1 is 0.914 bits per heavy atom. The molecule has 1 amide bonds. The lowest BCUT2D eigenvalue weighted by Crippen LogP contribution is -2.22. The maximum Gasteiger partial charge on any atom is 0.338 e. The fourth-order valence-corrected chi connectivity index (χ4v) is 4.16. The molecule has 0 saturated carbocycles. The highest BCUT2D eigenvalue weighted by Crippen LogP contribution is 2.32. The van der Waals surface area contributed by atoms with Crippen LogP contribution in [0.2, 0.25) is 0 Å². The van der Waals surface area contributed by atoms with Crippen molar-refractivity contribution in [3.63, 3.8) is 0 Å². The number of nitrogens with one attached hydrogen (secondary N) is 2. The molecule has 0 spiro atoms. The van der Waals surface area contributed by atoms with Gasteiger partial charge >= 0.3 is 5.97 Å². The number of amides is 1. The molecule has 0 radical (unpaired) electrons. The molecule has 0 atom stereocenters. The quantitative estimate of drug-likeness (QED) is 0.474. The van der Waals surface area contributed by atoms with Crippen LogP contribution in [0.3, 0.4) is 0 Å². The lowest BCUT2D eigenvalue weighted by molar-refractivity contribution is -0.119. The van der Waals surface area contributed by atoms with E-state index in [9.17, 15) is 26.8 Å². The molecule has 0 aromatic heterocycles. The van der Waals surface area contributed by atoms with Gasteiger partial charge in [-0.25, -0.2) is 22.0 Å². The monoisotopic (exact) mass is 504 g/mol. The number of ether oxygens (including phenoxy) is 3. The van der Waals surface area contributed by atoms with Crippen LogP contribution in [0, 0.1) is 11.6 Å². The van der Waals surface area contributed by atoms with Gasteiger partial charge in [-0.05, 0) is 48.5 Å². The maximum absolute atomic E-state index is 13.6. The highest BCUT2D eigenvalue weighted by Gasteiger charge is 2.20. The van der Waals surface area contributed by atoms with Crippen molar-refractivity contribution in [3.05, 3.63) is 77.9 Å². The van der Waals surface area contributed by atoms with Crippen LogP contribution in [-0.2, 0) is 19.6 Å². The van der Waals surface area contributed by atoms with Crippen molar-refractivity contribution < 1.29 is 41.0 Å². The van der Waals surface area contributed by atoms with E-state index in [2.05, 4.69) is 4.72 Å². The number of hydrogen-bond donors (Lipinski definition) is 2. The van der Waals surface area contributed by atoms with E-state index >= 15 is 0 Å². The molecule has 182 valence electrons. The second-order valence-corrected chi connectivity index (χ2v) is 8.89.